The van der Waals surface area contributed by atoms with Gasteiger partial charge in [0.15, 0.2) is 0 Å². The molecule has 2 rings (SSSR count). The molecule has 1 aromatic heterocycles. The van der Waals surface area contributed by atoms with Gasteiger partial charge in [-0.2, -0.15) is 0 Å². The molecule has 1 saturated heterocycles. The molecule has 1 aliphatic rings. The van der Waals surface area contributed by atoms with Gasteiger partial charge < -0.3 is 21.4 Å². The van der Waals surface area contributed by atoms with Crippen molar-refractivity contribution in [1.82, 2.24) is 20.6 Å². The molecule has 5 N–H and O–H groups in total. The maximum Gasteiger partial charge on any atom is 0.243 e. The Morgan fingerprint density at radius 2 is 1.94 bits per heavy atom. The average molecular weight is 251 g/mol. The van der Waals surface area contributed by atoms with E-state index in [4.69, 9.17) is 5.73 Å². The Labute approximate surface area is 102 Å². The van der Waals surface area contributed by atoms with Crippen LogP contribution in [0.4, 0.5) is 0 Å². The van der Waals surface area contributed by atoms with Crippen LogP contribution in [0.15, 0.2) is 12.5 Å². The molecule has 0 aromatic carbocycles. The predicted molar refractivity (Wildman–Crippen MR) is 60.0 cm³/mol. The van der Waals surface area contributed by atoms with Crippen LogP contribution in [0.1, 0.15) is 12.1 Å². The second-order valence-corrected chi connectivity index (χ2v) is 4.07. The van der Waals surface area contributed by atoms with Crippen molar-refractivity contribution in [3.8, 4) is 0 Å². The van der Waals surface area contributed by atoms with E-state index in [1.807, 2.05) is 0 Å². The van der Waals surface area contributed by atoms with Crippen LogP contribution in [0, 0.1) is 0 Å². The standard InChI is InChI=1S/C10H13N5O3/c11-8(16)2-7-10(18)14-6(9(17)15-7)1-5-3-12-4-13-5/h3-4,6-7H,1-2H2,(H2,11,16)(H,12,13)(H,14,18)(H,15,17)/t6-,7-/m0/s1. The van der Waals surface area contributed by atoms with Crippen LogP contribution >= 0.6 is 0 Å². The minimum absolute atomic E-state index is 0.200. The summed E-state index contributed by atoms with van der Waals surface area (Å²) in [6.45, 7) is 0. The first-order valence-electron chi connectivity index (χ1n) is 5.42. The number of imidazole rings is 1. The van der Waals surface area contributed by atoms with Crippen LogP contribution in [-0.4, -0.2) is 39.8 Å². The Morgan fingerprint density at radius 1 is 1.28 bits per heavy atom. The summed E-state index contributed by atoms with van der Waals surface area (Å²) in [4.78, 5) is 40.8. The van der Waals surface area contributed by atoms with Gasteiger partial charge in [-0.3, -0.25) is 14.4 Å². The highest BCUT2D eigenvalue weighted by Crippen LogP contribution is 2.05. The van der Waals surface area contributed by atoms with Crippen molar-refractivity contribution in [2.24, 2.45) is 5.73 Å². The lowest BCUT2D eigenvalue weighted by molar-refractivity contribution is -0.138. The van der Waals surface area contributed by atoms with E-state index < -0.39 is 23.9 Å². The van der Waals surface area contributed by atoms with Gasteiger partial charge in [0.25, 0.3) is 0 Å². The Hall–Kier alpha value is -2.38. The number of rotatable bonds is 4. The molecular weight excluding hydrogens is 238 g/mol. The molecule has 0 radical (unpaired) electrons. The molecule has 96 valence electrons. The molecule has 8 nitrogen and oxygen atoms in total. The number of hydrogen-bond acceptors (Lipinski definition) is 4. The van der Waals surface area contributed by atoms with E-state index in [1.165, 1.54) is 6.33 Å². The molecule has 2 heterocycles. The van der Waals surface area contributed by atoms with Gasteiger partial charge in [0.05, 0.1) is 12.7 Å². The van der Waals surface area contributed by atoms with E-state index in [2.05, 4.69) is 20.6 Å². The monoisotopic (exact) mass is 251 g/mol. The largest absolute Gasteiger partial charge is 0.370 e. The number of primary amides is 1. The molecule has 2 atom stereocenters. The third kappa shape index (κ3) is 2.65. The van der Waals surface area contributed by atoms with Gasteiger partial charge in [0.1, 0.15) is 12.1 Å². The molecule has 3 amide bonds. The van der Waals surface area contributed by atoms with Gasteiger partial charge in [-0.15, -0.1) is 0 Å². The fraction of sp³-hybridized carbons (Fsp3) is 0.400. The van der Waals surface area contributed by atoms with Crippen molar-refractivity contribution in [2.45, 2.75) is 24.9 Å². The molecule has 18 heavy (non-hydrogen) atoms. The average Bonchev–Trinajstić information content (AvgIpc) is 2.77. The zero-order valence-corrected chi connectivity index (χ0v) is 9.47. The number of nitrogens with two attached hydrogens (primary N) is 1. The predicted octanol–water partition coefficient (Wildman–Crippen LogP) is -2.19. The van der Waals surface area contributed by atoms with Crippen molar-refractivity contribution in [3.05, 3.63) is 18.2 Å². The number of carbonyl (C=O) groups is 3. The van der Waals surface area contributed by atoms with E-state index in [0.29, 0.717) is 6.42 Å². The smallest absolute Gasteiger partial charge is 0.243 e. The minimum Gasteiger partial charge on any atom is -0.370 e. The molecule has 0 saturated carbocycles. The zero-order chi connectivity index (χ0) is 13.1. The Balaban J connectivity index is 1.99. The summed E-state index contributed by atoms with van der Waals surface area (Å²) in [5, 5.41) is 5.03. The second-order valence-electron chi connectivity index (χ2n) is 4.07. The highest BCUT2D eigenvalue weighted by molar-refractivity contribution is 5.99. The van der Waals surface area contributed by atoms with E-state index >= 15 is 0 Å². The molecule has 1 aromatic rings. The van der Waals surface area contributed by atoms with Crippen molar-refractivity contribution in [1.29, 1.82) is 0 Å². The highest BCUT2D eigenvalue weighted by Gasteiger charge is 2.34. The van der Waals surface area contributed by atoms with Crippen LogP contribution in [0.3, 0.4) is 0 Å². The maximum absolute atomic E-state index is 11.7. The second kappa shape index (κ2) is 4.86. The number of H-pyrrole nitrogens is 1. The molecule has 1 fully saturated rings. The lowest BCUT2D eigenvalue weighted by atomic mass is 10.0. The first kappa shape index (κ1) is 12.1. The molecule has 0 unspecified atom stereocenters. The summed E-state index contributed by atoms with van der Waals surface area (Å²) >= 11 is 0. The Kier molecular flexibility index (Phi) is 3.26. The van der Waals surface area contributed by atoms with Crippen LogP contribution in [-0.2, 0) is 20.8 Å². The molecule has 0 aliphatic carbocycles. The Morgan fingerprint density at radius 3 is 2.56 bits per heavy atom. The van der Waals surface area contributed by atoms with Gasteiger partial charge in [-0.1, -0.05) is 0 Å². The number of aromatic amines is 1. The van der Waals surface area contributed by atoms with Crippen LogP contribution in [0.5, 0.6) is 0 Å². The van der Waals surface area contributed by atoms with E-state index in [9.17, 15) is 14.4 Å². The summed E-state index contributed by atoms with van der Waals surface area (Å²) in [7, 11) is 0. The summed E-state index contributed by atoms with van der Waals surface area (Å²) in [5.74, 6) is -1.38. The quantitative estimate of drug-likeness (QED) is 0.484. The molecule has 0 bridgehead atoms. The topological polar surface area (TPSA) is 130 Å². The summed E-state index contributed by atoms with van der Waals surface area (Å²) < 4.78 is 0. The first-order chi connectivity index (χ1) is 8.56. The maximum atomic E-state index is 11.7. The normalized spacial score (nSPS) is 23.3. The van der Waals surface area contributed by atoms with Gasteiger partial charge in [0, 0.05) is 18.3 Å². The molecule has 1 aliphatic heterocycles. The van der Waals surface area contributed by atoms with Crippen molar-refractivity contribution >= 4 is 17.7 Å². The van der Waals surface area contributed by atoms with Crippen molar-refractivity contribution in [2.75, 3.05) is 0 Å². The van der Waals surface area contributed by atoms with E-state index in [0.717, 1.165) is 5.69 Å². The number of hydrogen-bond donors (Lipinski definition) is 4. The van der Waals surface area contributed by atoms with Crippen molar-refractivity contribution < 1.29 is 14.4 Å². The third-order valence-corrected chi connectivity index (χ3v) is 2.65. The number of aromatic nitrogens is 2. The molecular formula is C10H13N5O3. The SMILES string of the molecule is NC(=O)C[C@@H]1NC(=O)[C@H](Cc2cnc[nH]2)NC1=O. The van der Waals surface area contributed by atoms with Crippen molar-refractivity contribution in [3.63, 3.8) is 0 Å². The lowest BCUT2D eigenvalue weighted by Crippen LogP contribution is -2.62. The zero-order valence-electron chi connectivity index (χ0n) is 9.47. The number of carbonyl (C=O) groups excluding carboxylic acids is 3. The fourth-order valence-electron chi connectivity index (χ4n) is 1.78. The lowest BCUT2D eigenvalue weighted by Gasteiger charge is -2.28. The van der Waals surface area contributed by atoms with Crippen LogP contribution in [0.2, 0.25) is 0 Å². The number of nitrogens with zero attached hydrogens (tertiary/aromatic N) is 1. The first-order valence-corrected chi connectivity index (χ1v) is 5.42. The highest BCUT2D eigenvalue weighted by atomic mass is 16.2. The Bertz CT molecular complexity index is 470. The summed E-state index contributed by atoms with van der Waals surface area (Å²) in [6.07, 6.45) is 3.19. The van der Waals surface area contributed by atoms with Gasteiger partial charge in [0.2, 0.25) is 17.7 Å². The van der Waals surface area contributed by atoms with E-state index in [-0.39, 0.29) is 12.3 Å². The number of piperazine rings is 1. The van der Waals surface area contributed by atoms with E-state index in [1.54, 1.807) is 6.20 Å². The van der Waals surface area contributed by atoms with Gasteiger partial charge in [-0.05, 0) is 0 Å². The molecule has 8 heteroatoms. The minimum atomic E-state index is -0.881. The van der Waals surface area contributed by atoms with Crippen LogP contribution < -0.4 is 16.4 Å². The van der Waals surface area contributed by atoms with Gasteiger partial charge >= 0.3 is 0 Å². The number of amides is 3. The van der Waals surface area contributed by atoms with Gasteiger partial charge in [-0.25, -0.2) is 4.98 Å². The van der Waals surface area contributed by atoms with Crippen LogP contribution in [0.25, 0.3) is 0 Å². The third-order valence-electron chi connectivity index (χ3n) is 2.65. The molecule has 0 spiro atoms. The summed E-state index contributed by atoms with van der Waals surface area (Å²) in [6, 6.07) is -1.55. The summed E-state index contributed by atoms with van der Waals surface area (Å²) in [5.41, 5.74) is 5.73. The fourth-order valence-corrected chi connectivity index (χ4v) is 1.78. The number of nitrogens with one attached hydrogen (secondary N) is 3.